The molecule has 0 radical (unpaired) electrons. The predicted molar refractivity (Wildman–Crippen MR) is 105 cm³/mol. The van der Waals surface area contributed by atoms with Gasteiger partial charge >= 0.3 is 0 Å². The van der Waals surface area contributed by atoms with E-state index >= 15 is 0 Å². The number of hydrogen-bond acceptors (Lipinski definition) is 4. The molecule has 0 bridgehead atoms. The minimum absolute atomic E-state index is 0.102. The van der Waals surface area contributed by atoms with Crippen molar-refractivity contribution in [2.75, 3.05) is 20.2 Å². The van der Waals surface area contributed by atoms with Crippen molar-refractivity contribution in [3.05, 3.63) is 59.1 Å². The molecule has 0 aromatic heterocycles. The van der Waals surface area contributed by atoms with Gasteiger partial charge < -0.3 is 10.1 Å². The smallest absolute Gasteiger partial charge is 0.243 e. The zero-order chi connectivity index (χ0) is 20.0. The molecule has 0 fully saturated rings. The van der Waals surface area contributed by atoms with Crippen LogP contribution in [0.2, 0.25) is 5.02 Å². The second kappa shape index (κ2) is 9.21. The molecule has 0 aliphatic rings. The third-order valence-electron chi connectivity index (χ3n) is 4.12. The number of ether oxygens (including phenoxy) is 1. The standard InChI is InChI=1S/C19H23ClN2O4S/c1-4-22(27(24,25)18-11-7-16(20)8-12-18)13-19(23)21-14(2)15-5-9-17(26-3)10-6-15/h5-12,14H,4,13H2,1-3H3,(H,21,23)/t14-/m0/s1. The molecule has 2 aromatic carbocycles. The van der Waals surface area contributed by atoms with Crippen molar-refractivity contribution in [1.82, 2.24) is 9.62 Å². The van der Waals surface area contributed by atoms with Gasteiger partial charge in [0.2, 0.25) is 15.9 Å². The fraction of sp³-hybridized carbons (Fsp3) is 0.316. The minimum Gasteiger partial charge on any atom is -0.497 e. The van der Waals surface area contributed by atoms with Crippen molar-refractivity contribution in [3.63, 3.8) is 0 Å². The van der Waals surface area contributed by atoms with Crippen LogP contribution in [0, 0.1) is 0 Å². The first-order valence-electron chi connectivity index (χ1n) is 8.47. The Morgan fingerprint density at radius 3 is 2.26 bits per heavy atom. The molecule has 1 N–H and O–H groups in total. The van der Waals surface area contributed by atoms with Crippen LogP contribution in [0.3, 0.4) is 0 Å². The highest BCUT2D eigenvalue weighted by atomic mass is 35.5. The number of hydrogen-bond donors (Lipinski definition) is 1. The minimum atomic E-state index is -3.78. The summed E-state index contributed by atoms with van der Waals surface area (Å²) in [5.74, 6) is 0.348. The quantitative estimate of drug-likeness (QED) is 0.724. The summed E-state index contributed by atoms with van der Waals surface area (Å²) >= 11 is 5.81. The molecule has 0 saturated carbocycles. The van der Waals surface area contributed by atoms with Crippen molar-refractivity contribution in [3.8, 4) is 5.75 Å². The number of carbonyl (C=O) groups excluding carboxylic acids is 1. The van der Waals surface area contributed by atoms with Crippen LogP contribution in [-0.2, 0) is 14.8 Å². The summed E-state index contributed by atoms with van der Waals surface area (Å²) in [6.07, 6.45) is 0. The van der Waals surface area contributed by atoms with E-state index in [9.17, 15) is 13.2 Å². The van der Waals surface area contributed by atoms with Crippen LogP contribution in [0.15, 0.2) is 53.4 Å². The Bertz CT molecular complexity index is 868. The number of methoxy groups -OCH3 is 1. The van der Waals surface area contributed by atoms with E-state index in [1.165, 1.54) is 24.3 Å². The largest absolute Gasteiger partial charge is 0.497 e. The number of likely N-dealkylation sites (N-methyl/N-ethyl adjacent to an activating group) is 1. The normalized spacial score (nSPS) is 12.6. The van der Waals surface area contributed by atoms with Crippen LogP contribution in [0.25, 0.3) is 0 Å². The molecule has 0 heterocycles. The van der Waals surface area contributed by atoms with Gasteiger partial charge in [0.15, 0.2) is 0 Å². The summed E-state index contributed by atoms with van der Waals surface area (Å²) in [5, 5.41) is 3.27. The van der Waals surface area contributed by atoms with Gasteiger partial charge in [0.1, 0.15) is 5.75 Å². The van der Waals surface area contributed by atoms with Gasteiger partial charge in [-0.2, -0.15) is 4.31 Å². The van der Waals surface area contributed by atoms with E-state index in [0.717, 1.165) is 15.6 Å². The van der Waals surface area contributed by atoms with E-state index in [2.05, 4.69) is 5.32 Å². The Labute approximate surface area is 165 Å². The summed E-state index contributed by atoms with van der Waals surface area (Å²) in [6, 6.07) is 12.9. The van der Waals surface area contributed by atoms with Gasteiger partial charge in [0.25, 0.3) is 0 Å². The van der Waals surface area contributed by atoms with Crippen LogP contribution < -0.4 is 10.1 Å². The molecule has 6 nitrogen and oxygen atoms in total. The molecule has 8 heteroatoms. The zero-order valence-electron chi connectivity index (χ0n) is 15.5. The molecule has 0 aliphatic carbocycles. The fourth-order valence-electron chi connectivity index (χ4n) is 2.55. The maximum absolute atomic E-state index is 12.7. The SMILES string of the molecule is CCN(CC(=O)N[C@@H](C)c1ccc(OC)cc1)S(=O)(=O)c1ccc(Cl)cc1. The zero-order valence-corrected chi connectivity index (χ0v) is 17.0. The average Bonchev–Trinajstić information content (AvgIpc) is 2.66. The van der Waals surface area contributed by atoms with Gasteiger partial charge in [0, 0.05) is 11.6 Å². The molecule has 0 unspecified atom stereocenters. The van der Waals surface area contributed by atoms with Crippen LogP contribution in [0.1, 0.15) is 25.5 Å². The van der Waals surface area contributed by atoms with Crippen LogP contribution in [-0.4, -0.2) is 38.8 Å². The Kier molecular flexibility index (Phi) is 7.24. The predicted octanol–water partition coefficient (Wildman–Crippen LogP) is 3.24. The second-order valence-corrected chi connectivity index (χ2v) is 8.32. The van der Waals surface area contributed by atoms with Crippen molar-refractivity contribution >= 4 is 27.5 Å². The van der Waals surface area contributed by atoms with Crippen molar-refractivity contribution in [2.24, 2.45) is 0 Å². The van der Waals surface area contributed by atoms with E-state index in [1.807, 2.05) is 19.1 Å². The van der Waals surface area contributed by atoms with Crippen LogP contribution in [0.4, 0.5) is 0 Å². The van der Waals surface area contributed by atoms with E-state index in [0.29, 0.717) is 5.02 Å². The van der Waals surface area contributed by atoms with Crippen molar-refractivity contribution in [1.29, 1.82) is 0 Å². The molecule has 1 amide bonds. The Balaban J connectivity index is 2.06. The van der Waals surface area contributed by atoms with Gasteiger partial charge in [-0.15, -0.1) is 0 Å². The number of amides is 1. The topological polar surface area (TPSA) is 75.7 Å². The molecule has 0 spiro atoms. The molecule has 2 rings (SSSR count). The number of rotatable bonds is 8. The van der Waals surface area contributed by atoms with Gasteiger partial charge in [0.05, 0.1) is 24.6 Å². The van der Waals surface area contributed by atoms with E-state index in [1.54, 1.807) is 26.2 Å². The summed E-state index contributed by atoms with van der Waals surface area (Å²) in [5.41, 5.74) is 0.896. The monoisotopic (exact) mass is 410 g/mol. The first-order chi connectivity index (χ1) is 12.8. The highest BCUT2D eigenvalue weighted by molar-refractivity contribution is 7.89. The number of carbonyl (C=O) groups is 1. The van der Waals surface area contributed by atoms with Gasteiger partial charge in [-0.1, -0.05) is 30.7 Å². The first kappa shape index (κ1) is 21.2. The summed E-state index contributed by atoms with van der Waals surface area (Å²) in [4.78, 5) is 12.5. The van der Waals surface area contributed by atoms with Gasteiger partial charge in [-0.05, 0) is 48.9 Å². The second-order valence-electron chi connectivity index (χ2n) is 5.95. The maximum atomic E-state index is 12.7. The summed E-state index contributed by atoms with van der Waals surface area (Å²) < 4.78 is 31.7. The lowest BCUT2D eigenvalue weighted by Crippen LogP contribution is -2.41. The first-order valence-corrected chi connectivity index (χ1v) is 10.3. The van der Waals surface area contributed by atoms with Crippen molar-refractivity contribution in [2.45, 2.75) is 24.8 Å². The molecule has 0 aliphatic heterocycles. The van der Waals surface area contributed by atoms with Crippen LogP contribution >= 0.6 is 11.6 Å². The highest BCUT2D eigenvalue weighted by Gasteiger charge is 2.25. The van der Waals surface area contributed by atoms with Gasteiger partial charge in [-0.25, -0.2) is 8.42 Å². The average molecular weight is 411 g/mol. The third kappa shape index (κ3) is 5.45. The molecule has 2 aromatic rings. The van der Waals surface area contributed by atoms with Crippen molar-refractivity contribution < 1.29 is 17.9 Å². The number of nitrogens with one attached hydrogen (secondary N) is 1. The lowest BCUT2D eigenvalue weighted by Gasteiger charge is -2.22. The van der Waals surface area contributed by atoms with Crippen LogP contribution in [0.5, 0.6) is 5.75 Å². The maximum Gasteiger partial charge on any atom is 0.243 e. The van der Waals surface area contributed by atoms with E-state index < -0.39 is 10.0 Å². The van der Waals surface area contributed by atoms with E-state index in [4.69, 9.17) is 16.3 Å². The number of nitrogens with zero attached hydrogens (tertiary/aromatic N) is 1. The van der Waals surface area contributed by atoms with E-state index in [-0.39, 0.29) is 29.9 Å². The lowest BCUT2D eigenvalue weighted by atomic mass is 10.1. The molecule has 146 valence electrons. The number of halogens is 1. The molecular formula is C19H23ClN2O4S. The third-order valence-corrected chi connectivity index (χ3v) is 6.30. The highest BCUT2D eigenvalue weighted by Crippen LogP contribution is 2.19. The fourth-order valence-corrected chi connectivity index (χ4v) is 4.08. The molecule has 1 atom stereocenters. The molecule has 0 saturated heterocycles. The Morgan fingerprint density at radius 2 is 1.74 bits per heavy atom. The summed E-state index contributed by atoms with van der Waals surface area (Å²) in [7, 11) is -2.19. The number of benzene rings is 2. The Hall–Kier alpha value is -2.09. The van der Waals surface area contributed by atoms with Gasteiger partial charge in [-0.3, -0.25) is 4.79 Å². The Morgan fingerprint density at radius 1 is 1.15 bits per heavy atom. The number of sulfonamides is 1. The molecule has 27 heavy (non-hydrogen) atoms. The molecular weight excluding hydrogens is 388 g/mol. The lowest BCUT2D eigenvalue weighted by molar-refractivity contribution is -0.121. The summed E-state index contributed by atoms with van der Waals surface area (Å²) in [6.45, 7) is 3.44.